The summed E-state index contributed by atoms with van der Waals surface area (Å²) in [4.78, 5) is 24.6. The molecule has 1 aromatic carbocycles. The minimum atomic E-state index is -4.43. The van der Waals surface area contributed by atoms with Crippen LogP contribution in [0.2, 0.25) is 0 Å². The summed E-state index contributed by atoms with van der Waals surface area (Å²) in [6, 6.07) is 16.4. The van der Waals surface area contributed by atoms with Crippen molar-refractivity contribution in [1.82, 2.24) is 24.6 Å². The number of rotatable bonds is 6. The Morgan fingerprint density at radius 1 is 1.09 bits per heavy atom. The molecule has 1 N–H and O–H groups in total. The first-order valence-corrected chi connectivity index (χ1v) is 11.5. The second-order valence-electron chi connectivity index (χ2n) is 8.60. The van der Waals surface area contributed by atoms with Gasteiger partial charge in [-0.15, -0.1) is 0 Å². The summed E-state index contributed by atoms with van der Waals surface area (Å²) >= 11 is 0. The van der Waals surface area contributed by atoms with Gasteiger partial charge in [-0.25, -0.2) is 4.98 Å². The highest BCUT2D eigenvalue weighted by Gasteiger charge is 2.32. The van der Waals surface area contributed by atoms with Crippen LogP contribution in [0, 0.1) is 0 Å². The van der Waals surface area contributed by atoms with Gasteiger partial charge in [0, 0.05) is 25.5 Å². The van der Waals surface area contributed by atoms with Gasteiger partial charge in [-0.1, -0.05) is 24.3 Å². The lowest BCUT2D eigenvalue weighted by Gasteiger charge is -2.23. The van der Waals surface area contributed by atoms with Crippen molar-refractivity contribution in [1.29, 1.82) is 0 Å². The van der Waals surface area contributed by atoms with Crippen LogP contribution in [0.25, 0.3) is 5.52 Å². The molecule has 6 nitrogen and oxygen atoms in total. The molecule has 1 saturated heterocycles. The summed E-state index contributed by atoms with van der Waals surface area (Å²) in [5.41, 5.74) is 1.52. The van der Waals surface area contributed by atoms with Gasteiger partial charge in [-0.05, 0) is 61.3 Å². The molecule has 4 aromatic rings. The molecule has 0 spiro atoms. The number of carbonyl (C=O) groups excluding carboxylic acids is 1. The third-order valence-corrected chi connectivity index (χ3v) is 6.25. The number of hydrogen-bond acceptors (Lipinski definition) is 4. The minimum Gasteiger partial charge on any atom is -0.347 e. The van der Waals surface area contributed by atoms with E-state index < -0.39 is 17.6 Å². The van der Waals surface area contributed by atoms with Gasteiger partial charge in [-0.2, -0.15) is 13.2 Å². The molecule has 1 amide bonds. The number of amides is 1. The molecule has 35 heavy (non-hydrogen) atoms. The topological polar surface area (TPSA) is 62.5 Å². The molecule has 1 atom stereocenters. The van der Waals surface area contributed by atoms with Crippen molar-refractivity contribution in [2.45, 2.75) is 38.1 Å². The van der Waals surface area contributed by atoms with Crippen LogP contribution in [0.15, 0.2) is 73.1 Å². The van der Waals surface area contributed by atoms with Gasteiger partial charge in [-0.3, -0.25) is 14.7 Å². The van der Waals surface area contributed by atoms with E-state index in [1.54, 1.807) is 12.3 Å². The van der Waals surface area contributed by atoms with Crippen molar-refractivity contribution < 1.29 is 18.0 Å². The largest absolute Gasteiger partial charge is 0.416 e. The van der Waals surface area contributed by atoms with Crippen LogP contribution >= 0.6 is 0 Å². The Hall–Kier alpha value is -3.72. The molecule has 1 aliphatic heterocycles. The van der Waals surface area contributed by atoms with Crippen LogP contribution in [-0.2, 0) is 19.3 Å². The predicted octanol–water partition coefficient (Wildman–Crippen LogP) is 5.02. The van der Waals surface area contributed by atoms with E-state index in [0.29, 0.717) is 17.6 Å². The Morgan fingerprint density at radius 2 is 1.94 bits per heavy atom. The molecule has 180 valence electrons. The number of nitrogens with zero attached hydrogens (tertiary/aromatic N) is 4. The fourth-order valence-corrected chi connectivity index (χ4v) is 4.59. The molecule has 0 saturated carbocycles. The van der Waals surface area contributed by atoms with Gasteiger partial charge >= 0.3 is 6.18 Å². The lowest BCUT2D eigenvalue weighted by atomic mass is 10.1. The average molecular weight is 480 g/mol. The summed E-state index contributed by atoms with van der Waals surface area (Å²) in [6.45, 7) is 1.56. The third kappa shape index (κ3) is 4.90. The first-order valence-electron chi connectivity index (χ1n) is 11.5. The standard InChI is InChI=1S/C26H24F3N5O/c27-26(28,29)19-8-5-7-18(15-19)16-31-25(35)23-21-10-2-4-14-34(21)24(32-23)22-11-6-13-33(22)17-20-9-1-3-12-30-20/h1-5,7-10,12,14-15,22H,6,11,13,16-17H2,(H,31,35). The highest BCUT2D eigenvalue weighted by Crippen LogP contribution is 2.34. The minimum absolute atomic E-state index is 0.0249. The first kappa shape index (κ1) is 23.0. The van der Waals surface area contributed by atoms with E-state index >= 15 is 0 Å². The van der Waals surface area contributed by atoms with Crippen molar-refractivity contribution in [2.75, 3.05) is 6.54 Å². The molecule has 1 aliphatic rings. The maximum atomic E-state index is 13.1. The van der Waals surface area contributed by atoms with Gasteiger partial charge in [0.05, 0.1) is 22.8 Å². The molecule has 3 aromatic heterocycles. The zero-order valence-electron chi connectivity index (χ0n) is 18.9. The fraction of sp³-hybridized carbons (Fsp3) is 0.269. The second kappa shape index (κ2) is 9.50. The van der Waals surface area contributed by atoms with Gasteiger partial charge in [0.15, 0.2) is 5.69 Å². The van der Waals surface area contributed by atoms with Crippen LogP contribution in [0.4, 0.5) is 13.2 Å². The van der Waals surface area contributed by atoms with E-state index in [1.165, 1.54) is 6.07 Å². The Labute approximate surface area is 200 Å². The number of aromatic nitrogens is 3. The van der Waals surface area contributed by atoms with Crippen LogP contribution in [0.5, 0.6) is 0 Å². The van der Waals surface area contributed by atoms with Crippen LogP contribution < -0.4 is 5.32 Å². The van der Waals surface area contributed by atoms with E-state index in [1.807, 2.05) is 47.0 Å². The van der Waals surface area contributed by atoms with E-state index in [-0.39, 0.29) is 18.3 Å². The van der Waals surface area contributed by atoms with Gasteiger partial charge in [0.25, 0.3) is 5.91 Å². The number of hydrogen-bond donors (Lipinski definition) is 1. The van der Waals surface area contributed by atoms with E-state index in [2.05, 4.69) is 15.2 Å². The number of pyridine rings is 2. The Morgan fingerprint density at radius 3 is 2.74 bits per heavy atom. The molecule has 4 heterocycles. The second-order valence-corrected chi connectivity index (χ2v) is 8.60. The summed E-state index contributed by atoms with van der Waals surface area (Å²) in [7, 11) is 0. The molecule has 9 heteroatoms. The number of benzene rings is 1. The van der Waals surface area contributed by atoms with Crippen LogP contribution in [0.3, 0.4) is 0 Å². The van der Waals surface area contributed by atoms with Crippen molar-refractivity contribution in [2.24, 2.45) is 0 Å². The zero-order valence-corrected chi connectivity index (χ0v) is 18.9. The van der Waals surface area contributed by atoms with Gasteiger partial charge in [0.1, 0.15) is 5.82 Å². The lowest BCUT2D eigenvalue weighted by molar-refractivity contribution is -0.137. The summed E-state index contributed by atoms with van der Waals surface area (Å²) < 4.78 is 41.0. The maximum absolute atomic E-state index is 13.1. The SMILES string of the molecule is O=C(NCc1cccc(C(F)(F)F)c1)c1nc(C2CCCN2Cc2ccccn2)n2ccccc12. The maximum Gasteiger partial charge on any atom is 0.416 e. The number of nitrogens with one attached hydrogen (secondary N) is 1. The smallest absolute Gasteiger partial charge is 0.347 e. The molecule has 0 bridgehead atoms. The Balaban J connectivity index is 1.38. The Bertz CT molecular complexity index is 1340. The predicted molar refractivity (Wildman–Crippen MR) is 124 cm³/mol. The van der Waals surface area contributed by atoms with E-state index in [0.717, 1.165) is 43.0 Å². The monoisotopic (exact) mass is 479 g/mol. The summed E-state index contributed by atoms with van der Waals surface area (Å²) in [5, 5.41) is 2.74. The molecule has 0 aliphatic carbocycles. The van der Waals surface area contributed by atoms with E-state index in [9.17, 15) is 18.0 Å². The highest BCUT2D eigenvalue weighted by atomic mass is 19.4. The molecule has 1 unspecified atom stereocenters. The van der Waals surface area contributed by atoms with Gasteiger partial charge in [0.2, 0.25) is 0 Å². The fourth-order valence-electron chi connectivity index (χ4n) is 4.59. The number of carbonyl (C=O) groups is 1. The van der Waals surface area contributed by atoms with Crippen LogP contribution in [-0.4, -0.2) is 31.7 Å². The number of fused-ring (bicyclic) bond motifs is 1. The van der Waals surface area contributed by atoms with Crippen molar-refractivity contribution in [3.63, 3.8) is 0 Å². The molecule has 0 radical (unpaired) electrons. The number of imidazole rings is 1. The summed E-state index contributed by atoms with van der Waals surface area (Å²) in [6.07, 6.45) is 1.15. The normalized spacial score (nSPS) is 16.6. The Kier molecular flexibility index (Phi) is 6.25. The molecular weight excluding hydrogens is 455 g/mol. The number of halogens is 3. The van der Waals surface area contributed by atoms with Crippen molar-refractivity contribution in [3.05, 3.63) is 101 Å². The lowest BCUT2D eigenvalue weighted by Crippen LogP contribution is -2.25. The summed E-state index contributed by atoms with van der Waals surface area (Å²) in [5.74, 6) is 0.352. The molecular formula is C26H24F3N5O. The zero-order chi connectivity index (χ0) is 24.4. The quantitative estimate of drug-likeness (QED) is 0.422. The highest BCUT2D eigenvalue weighted by molar-refractivity contribution is 5.99. The number of alkyl halides is 3. The third-order valence-electron chi connectivity index (χ3n) is 6.25. The molecule has 1 fully saturated rings. The number of likely N-dealkylation sites (tertiary alicyclic amines) is 1. The average Bonchev–Trinajstić information content (AvgIpc) is 3.47. The van der Waals surface area contributed by atoms with Crippen LogP contribution in [0.1, 0.15) is 52.0 Å². The molecule has 5 rings (SSSR count). The van der Waals surface area contributed by atoms with Crippen molar-refractivity contribution >= 4 is 11.4 Å². The van der Waals surface area contributed by atoms with Crippen molar-refractivity contribution in [3.8, 4) is 0 Å². The first-order chi connectivity index (χ1) is 16.9. The van der Waals surface area contributed by atoms with Gasteiger partial charge < -0.3 is 9.72 Å². The van der Waals surface area contributed by atoms with E-state index in [4.69, 9.17) is 4.98 Å².